The number of aromatic amines is 1. The zero-order valence-corrected chi connectivity index (χ0v) is 15.2. The predicted octanol–water partition coefficient (Wildman–Crippen LogP) is 4.84. The molecule has 1 N–H and O–H groups in total. The van der Waals surface area contributed by atoms with Gasteiger partial charge >= 0.3 is 0 Å². The Balaban J connectivity index is 1.45. The van der Waals surface area contributed by atoms with Crippen molar-refractivity contribution in [3.63, 3.8) is 0 Å². The van der Waals surface area contributed by atoms with E-state index in [9.17, 15) is 0 Å². The summed E-state index contributed by atoms with van der Waals surface area (Å²) in [5.74, 6) is 2.56. The molecule has 0 aliphatic carbocycles. The molecule has 0 amide bonds. The molecule has 0 spiro atoms. The van der Waals surface area contributed by atoms with Crippen LogP contribution in [-0.2, 0) is 11.5 Å². The fraction of sp³-hybridized carbons (Fsp3) is 0.167. The van der Waals surface area contributed by atoms with Gasteiger partial charge in [0, 0.05) is 23.0 Å². The van der Waals surface area contributed by atoms with Gasteiger partial charge in [0.2, 0.25) is 0 Å². The summed E-state index contributed by atoms with van der Waals surface area (Å²) in [5.41, 5.74) is 3.98. The molecule has 0 saturated carbocycles. The number of imidazole rings is 1. The van der Waals surface area contributed by atoms with Crippen LogP contribution < -0.4 is 0 Å². The number of hydrogen-bond donors (Lipinski definition) is 1. The quantitative estimate of drug-likeness (QED) is 0.491. The van der Waals surface area contributed by atoms with E-state index < -0.39 is 0 Å². The second-order valence-electron chi connectivity index (χ2n) is 5.45. The summed E-state index contributed by atoms with van der Waals surface area (Å²) >= 11 is 3.41. The number of pyridine rings is 2. The van der Waals surface area contributed by atoms with Crippen molar-refractivity contribution in [3.8, 4) is 0 Å². The second-order valence-corrected chi connectivity index (χ2v) is 7.44. The molecule has 5 nitrogen and oxygen atoms in total. The Morgan fingerprint density at radius 3 is 2.84 bits per heavy atom. The summed E-state index contributed by atoms with van der Waals surface area (Å²) < 4.78 is 5.40. The van der Waals surface area contributed by atoms with E-state index in [0.29, 0.717) is 0 Å². The molecule has 0 bridgehead atoms. The topological polar surface area (TPSA) is 67.6 Å². The highest BCUT2D eigenvalue weighted by Gasteiger charge is 2.10. The van der Waals surface area contributed by atoms with Crippen LogP contribution in [0.2, 0.25) is 0 Å². The summed E-state index contributed by atoms with van der Waals surface area (Å²) in [7, 11) is 0. The molecule has 0 radical (unpaired) electrons. The zero-order valence-electron chi connectivity index (χ0n) is 13.6. The maximum Gasteiger partial charge on any atom is 0.178 e. The number of nitrogens with one attached hydrogen (secondary N) is 1. The molecular weight excluding hydrogens is 352 g/mol. The van der Waals surface area contributed by atoms with E-state index in [2.05, 4.69) is 32.9 Å². The van der Waals surface area contributed by atoms with Crippen molar-refractivity contribution in [1.29, 1.82) is 0 Å². The molecule has 0 aromatic carbocycles. The molecule has 7 heteroatoms. The molecule has 4 aromatic heterocycles. The van der Waals surface area contributed by atoms with Crippen LogP contribution in [0.3, 0.4) is 0 Å². The van der Waals surface area contributed by atoms with Crippen LogP contribution >= 0.6 is 23.5 Å². The predicted molar refractivity (Wildman–Crippen MR) is 101 cm³/mol. The lowest BCUT2D eigenvalue weighted by Gasteiger charge is -2.08. The Bertz CT molecular complexity index is 949. The Kier molecular flexibility index (Phi) is 4.76. The molecule has 0 atom stereocenters. The Labute approximate surface area is 153 Å². The van der Waals surface area contributed by atoms with E-state index in [4.69, 9.17) is 4.42 Å². The van der Waals surface area contributed by atoms with Gasteiger partial charge in [0.15, 0.2) is 10.8 Å². The van der Waals surface area contributed by atoms with E-state index in [0.717, 1.165) is 39.3 Å². The number of H-pyrrole nitrogens is 1. The summed E-state index contributed by atoms with van der Waals surface area (Å²) in [5, 5.41) is 0.864. The molecule has 0 aliphatic heterocycles. The Morgan fingerprint density at radius 2 is 2.00 bits per heavy atom. The molecule has 0 saturated heterocycles. The monoisotopic (exact) mass is 368 g/mol. The lowest BCUT2D eigenvalue weighted by atomic mass is 10.2. The van der Waals surface area contributed by atoms with E-state index in [-0.39, 0.29) is 0 Å². The van der Waals surface area contributed by atoms with Crippen molar-refractivity contribution in [2.45, 2.75) is 28.5 Å². The minimum atomic E-state index is 0.748. The lowest BCUT2D eigenvalue weighted by Crippen LogP contribution is -1.94. The van der Waals surface area contributed by atoms with Gasteiger partial charge in [-0.15, -0.1) is 11.8 Å². The molecule has 4 heterocycles. The minimum absolute atomic E-state index is 0.748. The first-order chi connectivity index (χ1) is 12.3. The van der Waals surface area contributed by atoms with Gasteiger partial charge in [-0.05, 0) is 42.8 Å². The minimum Gasteiger partial charge on any atom is -0.468 e. The smallest absolute Gasteiger partial charge is 0.178 e. The van der Waals surface area contributed by atoms with Gasteiger partial charge in [-0.2, -0.15) is 0 Å². The molecule has 4 aromatic rings. The van der Waals surface area contributed by atoms with Gasteiger partial charge in [-0.1, -0.05) is 11.8 Å². The molecule has 0 unspecified atom stereocenters. The SMILES string of the molecule is Cc1c(SCc2ccco2)ccnc1CSc1nc2ncccc2[nH]1. The third-order valence-electron chi connectivity index (χ3n) is 3.79. The van der Waals surface area contributed by atoms with Crippen molar-refractivity contribution < 1.29 is 4.42 Å². The third-order valence-corrected chi connectivity index (χ3v) is 5.86. The summed E-state index contributed by atoms with van der Waals surface area (Å²) in [4.78, 5) is 17.8. The van der Waals surface area contributed by atoms with Crippen LogP contribution in [-0.4, -0.2) is 19.9 Å². The van der Waals surface area contributed by atoms with Crippen molar-refractivity contribution >= 4 is 34.7 Å². The van der Waals surface area contributed by atoms with Crippen LogP contribution in [0.25, 0.3) is 11.2 Å². The van der Waals surface area contributed by atoms with Crippen LogP contribution in [0.4, 0.5) is 0 Å². The first-order valence-electron chi connectivity index (χ1n) is 7.83. The highest BCUT2D eigenvalue weighted by Crippen LogP contribution is 2.30. The van der Waals surface area contributed by atoms with E-state index in [1.54, 1.807) is 36.0 Å². The lowest BCUT2D eigenvalue weighted by molar-refractivity contribution is 0.530. The largest absolute Gasteiger partial charge is 0.468 e. The van der Waals surface area contributed by atoms with Gasteiger partial charge in [0.1, 0.15) is 5.76 Å². The molecule has 0 fully saturated rings. The summed E-state index contributed by atoms with van der Waals surface area (Å²) in [6, 6.07) is 9.85. The van der Waals surface area contributed by atoms with E-state index >= 15 is 0 Å². The van der Waals surface area contributed by atoms with Crippen molar-refractivity contribution in [3.05, 3.63) is 66.0 Å². The molecule has 4 rings (SSSR count). The Morgan fingerprint density at radius 1 is 1.04 bits per heavy atom. The van der Waals surface area contributed by atoms with E-state index in [1.807, 2.05) is 30.5 Å². The highest BCUT2D eigenvalue weighted by atomic mass is 32.2. The Hall–Kier alpha value is -2.25. The van der Waals surface area contributed by atoms with Crippen molar-refractivity contribution in [2.24, 2.45) is 0 Å². The number of rotatable bonds is 6. The second kappa shape index (κ2) is 7.33. The third kappa shape index (κ3) is 3.72. The van der Waals surface area contributed by atoms with Gasteiger partial charge in [0.25, 0.3) is 0 Å². The number of thioether (sulfide) groups is 2. The maximum absolute atomic E-state index is 5.40. The number of nitrogens with zero attached hydrogens (tertiary/aromatic N) is 3. The fourth-order valence-electron chi connectivity index (χ4n) is 2.43. The first-order valence-corrected chi connectivity index (χ1v) is 9.80. The number of aromatic nitrogens is 4. The van der Waals surface area contributed by atoms with Crippen LogP contribution in [0.1, 0.15) is 17.0 Å². The average molecular weight is 368 g/mol. The van der Waals surface area contributed by atoms with Gasteiger partial charge in [0.05, 0.1) is 23.2 Å². The highest BCUT2D eigenvalue weighted by molar-refractivity contribution is 7.98. The molecule has 25 heavy (non-hydrogen) atoms. The summed E-state index contributed by atoms with van der Waals surface area (Å²) in [6.07, 6.45) is 5.33. The molecular formula is C18H16N4OS2. The fourth-order valence-corrected chi connectivity index (χ4v) is 4.28. The maximum atomic E-state index is 5.40. The van der Waals surface area contributed by atoms with Crippen LogP contribution in [0, 0.1) is 6.92 Å². The van der Waals surface area contributed by atoms with Gasteiger partial charge in [-0.3, -0.25) is 4.98 Å². The van der Waals surface area contributed by atoms with Gasteiger partial charge < -0.3 is 9.40 Å². The molecule has 0 aliphatic rings. The normalized spacial score (nSPS) is 11.2. The van der Waals surface area contributed by atoms with Crippen molar-refractivity contribution in [2.75, 3.05) is 0 Å². The first kappa shape index (κ1) is 16.2. The number of hydrogen-bond acceptors (Lipinski definition) is 6. The van der Waals surface area contributed by atoms with Crippen molar-refractivity contribution in [1.82, 2.24) is 19.9 Å². The molecule has 126 valence electrons. The van der Waals surface area contributed by atoms with E-state index in [1.165, 1.54) is 10.5 Å². The van der Waals surface area contributed by atoms with Crippen LogP contribution in [0.5, 0.6) is 0 Å². The number of fused-ring (bicyclic) bond motifs is 1. The number of furan rings is 1. The van der Waals surface area contributed by atoms with Crippen LogP contribution in [0.15, 0.2) is 63.5 Å². The zero-order chi connectivity index (χ0) is 17.1. The summed E-state index contributed by atoms with van der Waals surface area (Å²) in [6.45, 7) is 2.12. The average Bonchev–Trinajstić information content (AvgIpc) is 3.29. The standard InChI is InChI=1S/C18H16N4OS2/c1-12-15(11-25-18-21-14-5-2-7-20-17(14)22-18)19-8-6-16(12)24-10-13-4-3-9-23-13/h2-9H,10-11H2,1H3,(H,20,21,22). The van der Waals surface area contributed by atoms with Gasteiger partial charge in [-0.25, -0.2) is 9.97 Å².